The van der Waals surface area contributed by atoms with E-state index in [0.717, 1.165) is 5.06 Å². The van der Waals surface area contributed by atoms with Gasteiger partial charge in [-0.1, -0.05) is 18.2 Å². The number of halogens is 1. The van der Waals surface area contributed by atoms with Gasteiger partial charge < -0.3 is 0 Å². The van der Waals surface area contributed by atoms with Crippen molar-refractivity contribution in [3.8, 4) is 0 Å². The highest BCUT2D eigenvalue weighted by Gasteiger charge is 1.77. The number of rotatable bonds is 2. The van der Waals surface area contributed by atoms with E-state index in [-0.39, 0.29) is 0 Å². The molecule has 0 aliphatic carbocycles. The van der Waals surface area contributed by atoms with Gasteiger partial charge in [0.15, 0.2) is 0 Å². The molecule has 46 valence electrons. The highest BCUT2D eigenvalue weighted by Crippen LogP contribution is 1.97. The van der Waals surface area contributed by atoms with E-state index in [4.69, 9.17) is 16.8 Å². The quantitative estimate of drug-likeness (QED) is 0.457. The summed E-state index contributed by atoms with van der Waals surface area (Å²) in [5.74, 6) is 0. The van der Waals surface area contributed by atoms with Gasteiger partial charge in [-0.15, -0.1) is 0 Å². The summed E-state index contributed by atoms with van der Waals surface area (Å²) < 4.78 is 0. The van der Waals surface area contributed by atoms with E-state index in [1.165, 1.54) is 19.3 Å². The third-order valence-corrected chi connectivity index (χ3v) is 0.597. The molecule has 0 fully saturated rings. The summed E-state index contributed by atoms with van der Waals surface area (Å²) in [6.45, 7) is 3.37. The maximum Gasteiger partial charge on any atom is 0.0349 e. The van der Waals surface area contributed by atoms with Gasteiger partial charge in [-0.2, -0.15) is 0 Å². The van der Waals surface area contributed by atoms with Crippen molar-refractivity contribution in [2.24, 2.45) is 0 Å². The Bertz CT molecular complexity index is 109. The van der Waals surface area contributed by atoms with Crippen molar-refractivity contribution < 1.29 is 5.21 Å². The number of hydrogen-bond acceptors (Lipinski definition) is 2. The Morgan fingerprint density at radius 3 is 2.50 bits per heavy atom. The van der Waals surface area contributed by atoms with E-state index in [1.54, 1.807) is 0 Å². The smallest absolute Gasteiger partial charge is 0.0349 e. The molecule has 0 aromatic rings. The van der Waals surface area contributed by atoms with Crippen molar-refractivity contribution in [3.05, 3.63) is 23.9 Å². The minimum Gasteiger partial charge on any atom is -0.289 e. The average Bonchev–Trinajstić information content (AvgIpc) is 1.61. The third-order valence-electron chi connectivity index (χ3n) is 0.471. The lowest BCUT2D eigenvalue weighted by Crippen LogP contribution is -2.00. The van der Waals surface area contributed by atoms with Gasteiger partial charge in [-0.25, -0.2) is 0 Å². The molecule has 0 atom stereocenters. The van der Waals surface area contributed by atoms with Crippen molar-refractivity contribution in [2.45, 2.75) is 0 Å². The first-order valence-corrected chi connectivity index (χ1v) is 2.45. The molecule has 0 amide bonds. The molecule has 0 bridgehead atoms. The number of allylic oxidation sites excluding steroid dienone is 2. The Kier molecular flexibility index (Phi) is 3.31. The van der Waals surface area contributed by atoms with Crippen molar-refractivity contribution >= 4 is 11.6 Å². The third kappa shape index (κ3) is 5.53. The van der Waals surface area contributed by atoms with Gasteiger partial charge in [0.1, 0.15) is 0 Å². The van der Waals surface area contributed by atoms with E-state index < -0.39 is 0 Å². The molecule has 0 heterocycles. The second-order valence-corrected chi connectivity index (χ2v) is 1.82. The molecule has 0 aliphatic rings. The van der Waals surface area contributed by atoms with Crippen LogP contribution in [0.5, 0.6) is 0 Å². The summed E-state index contributed by atoms with van der Waals surface area (Å²) in [5.41, 5.74) is 0. The summed E-state index contributed by atoms with van der Waals surface area (Å²) >= 11 is 5.30. The monoisotopic (exact) mass is 133 g/mol. The first kappa shape index (κ1) is 7.53. The van der Waals surface area contributed by atoms with Crippen LogP contribution in [0.1, 0.15) is 0 Å². The predicted molar refractivity (Wildman–Crippen MR) is 33.7 cm³/mol. The Morgan fingerprint density at radius 2 is 2.38 bits per heavy atom. The van der Waals surface area contributed by atoms with E-state index in [9.17, 15) is 0 Å². The predicted octanol–water partition coefficient (Wildman–Crippen LogP) is 1.57. The number of hydroxylamine groups is 2. The van der Waals surface area contributed by atoms with Crippen LogP contribution in [0, 0.1) is 0 Å². The highest BCUT2D eigenvalue weighted by atomic mass is 35.5. The van der Waals surface area contributed by atoms with Crippen LogP contribution in [-0.4, -0.2) is 17.3 Å². The summed E-state index contributed by atoms with van der Waals surface area (Å²) in [6.07, 6.45) is 2.89. The van der Waals surface area contributed by atoms with Gasteiger partial charge in [0.05, 0.1) is 0 Å². The molecule has 3 heteroatoms. The average molecular weight is 134 g/mol. The Hall–Kier alpha value is -0.470. The molecule has 2 nitrogen and oxygen atoms in total. The molecule has 8 heavy (non-hydrogen) atoms. The zero-order chi connectivity index (χ0) is 6.57. The largest absolute Gasteiger partial charge is 0.289 e. The van der Waals surface area contributed by atoms with Crippen LogP contribution in [0.3, 0.4) is 0 Å². The van der Waals surface area contributed by atoms with Crippen molar-refractivity contribution in [1.29, 1.82) is 0 Å². The van der Waals surface area contributed by atoms with Crippen LogP contribution in [0.4, 0.5) is 0 Å². The van der Waals surface area contributed by atoms with Gasteiger partial charge in [0.25, 0.3) is 0 Å². The van der Waals surface area contributed by atoms with Crippen molar-refractivity contribution in [1.82, 2.24) is 5.06 Å². The molecule has 0 aliphatic heterocycles. The molecule has 1 N–H and O–H groups in total. The first-order valence-electron chi connectivity index (χ1n) is 2.07. The topological polar surface area (TPSA) is 23.5 Å². The van der Waals surface area contributed by atoms with Gasteiger partial charge >= 0.3 is 0 Å². The molecule has 0 radical (unpaired) electrons. The van der Waals surface area contributed by atoms with Crippen LogP contribution in [-0.2, 0) is 0 Å². The summed E-state index contributed by atoms with van der Waals surface area (Å²) in [6, 6.07) is 0. The number of hydrogen-bond donors (Lipinski definition) is 1. The molecular formula is C5H8ClNO. The Balaban J connectivity index is 3.50. The van der Waals surface area contributed by atoms with E-state index in [2.05, 4.69) is 6.58 Å². The molecular weight excluding hydrogens is 126 g/mol. The standard InChI is InChI=1S/C5H8ClNO/c1-5(6)3-4-7(2)8/h3-4,8H,1H2,2H3/b4-3-. The lowest BCUT2D eigenvalue weighted by Gasteiger charge is -1.98. The minimum atomic E-state index is 0.394. The zero-order valence-corrected chi connectivity index (χ0v) is 5.39. The van der Waals surface area contributed by atoms with Gasteiger partial charge in [-0.05, 0) is 6.08 Å². The fraction of sp³-hybridized carbons (Fsp3) is 0.200. The van der Waals surface area contributed by atoms with Crippen LogP contribution < -0.4 is 0 Å². The van der Waals surface area contributed by atoms with Crippen molar-refractivity contribution in [2.75, 3.05) is 7.05 Å². The van der Waals surface area contributed by atoms with Crippen LogP contribution in [0.15, 0.2) is 23.9 Å². The number of nitrogens with zero attached hydrogens (tertiary/aromatic N) is 1. The lowest BCUT2D eigenvalue weighted by atomic mass is 10.6. The normalized spacial score (nSPS) is 9.88. The second-order valence-electron chi connectivity index (χ2n) is 1.34. The molecule has 0 spiro atoms. The highest BCUT2D eigenvalue weighted by molar-refractivity contribution is 6.30. The molecule has 0 aromatic heterocycles. The zero-order valence-electron chi connectivity index (χ0n) is 4.63. The SMILES string of the molecule is C=C(Cl)/C=C\N(C)O. The van der Waals surface area contributed by atoms with Crippen LogP contribution in [0.2, 0.25) is 0 Å². The van der Waals surface area contributed by atoms with Gasteiger partial charge in [-0.3, -0.25) is 10.3 Å². The van der Waals surface area contributed by atoms with E-state index in [1.807, 2.05) is 0 Å². The maximum absolute atomic E-state index is 8.45. The molecule has 0 aromatic carbocycles. The summed E-state index contributed by atoms with van der Waals surface area (Å²) in [7, 11) is 1.48. The summed E-state index contributed by atoms with van der Waals surface area (Å²) in [4.78, 5) is 0. The fourth-order valence-electron chi connectivity index (χ4n) is 0.189. The fourth-order valence-corrected chi connectivity index (χ4v) is 0.245. The van der Waals surface area contributed by atoms with Crippen LogP contribution >= 0.6 is 11.6 Å². The first-order chi connectivity index (χ1) is 3.63. The maximum atomic E-state index is 8.45. The summed E-state index contributed by atoms with van der Waals surface area (Å²) in [5, 5.41) is 9.74. The Morgan fingerprint density at radius 1 is 1.88 bits per heavy atom. The van der Waals surface area contributed by atoms with E-state index in [0.29, 0.717) is 5.03 Å². The molecule has 0 saturated heterocycles. The molecule has 0 rings (SSSR count). The Labute approximate surface area is 53.6 Å². The van der Waals surface area contributed by atoms with Crippen LogP contribution in [0.25, 0.3) is 0 Å². The molecule has 0 unspecified atom stereocenters. The van der Waals surface area contributed by atoms with Gasteiger partial charge in [0, 0.05) is 18.3 Å². The minimum absolute atomic E-state index is 0.394. The second kappa shape index (κ2) is 3.52. The van der Waals surface area contributed by atoms with Gasteiger partial charge in [0.2, 0.25) is 0 Å². The lowest BCUT2D eigenvalue weighted by molar-refractivity contribution is -0.0128. The van der Waals surface area contributed by atoms with Crippen molar-refractivity contribution in [3.63, 3.8) is 0 Å². The molecule has 0 saturated carbocycles. The van der Waals surface area contributed by atoms with E-state index >= 15 is 0 Å².